The van der Waals surface area contributed by atoms with E-state index in [4.69, 9.17) is 4.74 Å². The Labute approximate surface area is 235 Å². The number of rotatable bonds is 5. The number of allylic oxidation sites excluding steroid dienone is 3. The molecule has 0 spiro atoms. The molecule has 2 fully saturated rings. The fourth-order valence-electron chi connectivity index (χ4n) is 7.24. The van der Waals surface area contributed by atoms with Gasteiger partial charge in [-0.1, -0.05) is 55.3 Å². The maximum Gasteiger partial charge on any atom is 0.337 e. The van der Waals surface area contributed by atoms with Gasteiger partial charge in [0.25, 0.3) is 5.91 Å². The van der Waals surface area contributed by atoms with Gasteiger partial charge in [-0.3, -0.25) is 9.59 Å². The van der Waals surface area contributed by atoms with Crippen molar-refractivity contribution in [2.24, 2.45) is 17.8 Å². The van der Waals surface area contributed by atoms with Crippen LogP contribution in [0.1, 0.15) is 70.8 Å². The van der Waals surface area contributed by atoms with Crippen molar-refractivity contribution in [2.75, 3.05) is 19.0 Å². The topological polar surface area (TPSA) is 87.7 Å². The average Bonchev–Trinajstić information content (AvgIpc) is 3.46. The Morgan fingerprint density at radius 2 is 1.73 bits per heavy atom. The van der Waals surface area contributed by atoms with Gasteiger partial charge >= 0.3 is 5.97 Å². The zero-order valence-corrected chi connectivity index (χ0v) is 22.9. The van der Waals surface area contributed by atoms with E-state index >= 15 is 0 Å². The maximum atomic E-state index is 14.3. The molecule has 40 heavy (non-hydrogen) atoms. The summed E-state index contributed by atoms with van der Waals surface area (Å²) >= 11 is 0. The fourth-order valence-corrected chi connectivity index (χ4v) is 7.24. The molecule has 0 aromatic heterocycles. The molecule has 7 nitrogen and oxygen atoms in total. The highest BCUT2D eigenvalue weighted by Gasteiger charge is 2.49. The minimum absolute atomic E-state index is 0.0402. The largest absolute Gasteiger partial charge is 0.465 e. The Bertz CT molecular complexity index is 1330. The third-order valence-electron chi connectivity index (χ3n) is 9.23. The molecule has 0 bridgehead atoms. The molecule has 4 aliphatic rings. The van der Waals surface area contributed by atoms with E-state index in [0.717, 1.165) is 50.8 Å². The van der Waals surface area contributed by atoms with Crippen molar-refractivity contribution in [3.8, 4) is 0 Å². The summed E-state index contributed by atoms with van der Waals surface area (Å²) in [6.07, 6.45) is 14.3. The van der Waals surface area contributed by atoms with Gasteiger partial charge in [-0.15, -0.1) is 0 Å². The molecule has 1 saturated heterocycles. The lowest BCUT2D eigenvalue weighted by molar-refractivity contribution is -0.139. The van der Waals surface area contributed by atoms with Gasteiger partial charge in [0.05, 0.1) is 24.6 Å². The first kappa shape index (κ1) is 26.4. The van der Waals surface area contributed by atoms with Crippen molar-refractivity contribution in [2.45, 2.75) is 56.7 Å². The summed E-state index contributed by atoms with van der Waals surface area (Å²) in [6, 6.07) is 15.0. The number of carbonyl (C=O) groups excluding carboxylic acids is 3. The molecule has 6 atom stereocenters. The summed E-state index contributed by atoms with van der Waals surface area (Å²) in [5.41, 5.74) is 3.19. The molecule has 6 rings (SSSR count). The van der Waals surface area contributed by atoms with Gasteiger partial charge in [0.2, 0.25) is 5.91 Å². The zero-order chi connectivity index (χ0) is 27.6. The Balaban J connectivity index is 1.22. The number of fused-ring (bicyclic) bond motifs is 3. The first-order chi connectivity index (χ1) is 19.5. The SMILES string of the molecule is COC(=O)c1ccc(C(=O)N[C@@H]2CCCC[C@@H]2C(=O)N2CC[C@@H]3[C@H](C4C=CC=CC4)Nc4ccccc4[C@@H]32)cc1. The van der Waals surface area contributed by atoms with Crippen LogP contribution in [0, 0.1) is 17.8 Å². The standard InChI is InChI=1S/C33H37N3O4/c1-40-33(39)23-17-15-22(16-18-23)31(37)35-28-14-8-6-12-25(28)32(38)36-20-19-26-29(21-9-3-2-4-10-21)34-27-13-7-5-11-24(27)30(26)36/h2-5,7,9,11,13,15-18,21,25-26,28-30,34H,6,8,10,12,14,19-20H2,1H3,(H,35,37)/t21?,25-,26+,28+,29-,30-/m0/s1. The second-order valence-electron chi connectivity index (χ2n) is 11.4. The lowest BCUT2D eigenvalue weighted by atomic mass is 9.75. The molecule has 2 aromatic carbocycles. The summed E-state index contributed by atoms with van der Waals surface area (Å²) in [6.45, 7) is 0.735. The normalized spacial score (nSPS) is 28.7. The quantitative estimate of drug-likeness (QED) is 0.505. The predicted molar refractivity (Wildman–Crippen MR) is 154 cm³/mol. The van der Waals surface area contributed by atoms with Gasteiger partial charge in [-0.25, -0.2) is 4.79 Å². The van der Waals surface area contributed by atoms with Gasteiger partial charge in [-0.2, -0.15) is 0 Å². The third kappa shape index (κ3) is 4.93. The number of amides is 2. The number of benzene rings is 2. The number of nitrogens with one attached hydrogen (secondary N) is 2. The van der Waals surface area contributed by atoms with Crippen molar-refractivity contribution in [1.82, 2.24) is 10.2 Å². The summed E-state index contributed by atoms with van der Waals surface area (Å²) in [5.74, 6) is -0.00799. The number of likely N-dealkylation sites (tertiary alicyclic amines) is 1. The number of hydrogen-bond donors (Lipinski definition) is 2. The maximum absolute atomic E-state index is 14.3. The molecule has 1 saturated carbocycles. The molecule has 2 heterocycles. The molecule has 208 valence electrons. The Morgan fingerprint density at radius 3 is 2.50 bits per heavy atom. The summed E-state index contributed by atoms with van der Waals surface area (Å²) in [5, 5.41) is 7.01. The number of hydrogen-bond acceptors (Lipinski definition) is 5. The molecule has 7 heteroatoms. The van der Waals surface area contributed by atoms with Crippen molar-refractivity contribution >= 4 is 23.5 Å². The molecule has 1 unspecified atom stereocenters. The van der Waals surface area contributed by atoms with Gasteiger partial charge in [0.1, 0.15) is 0 Å². The number of nitrogens with zero attached hydrogens (tertiary/aromatic N) is 1. The Hall–Kier alpha value is -3.87. The van der Waals surface area contributed by atoms with Crippen LogP contribution < -0.4 is 10.6 Å². The molecule has 2 aromatic rings. The smallest absolute Gasteiger partial charge is 0.337 e. The lowest BCUT2D eigenvalue weighted by Crippen LogP contribution is -2.51. The van der Waals surface area contributed by atoms with Crippen LogP contribution in [0.5, 0.6) is 0 Å². The minimum atomic E-state index is -0.438. The van der Waals surface area contributed by atoms with Crippen LogP contribution in [0.25, 0.3) is 0 Å². The van der Waals surface area contributed by atoms with Gasteiger partial charge in [-0.05, 0) is 61.6 Å². The highest BCUT2D eigenvalue weighted by atomic mass is 16.5. The number of ether oxygens (including phenoxy) is 1. The molecule has 2 aliphatic heterocycles. The molecule has 2 aliphatic carbocycles. The van der Waals surface area contributed by atoms with E-state index in [0.29, 0.717) is 23.0 Å². The first-order valence-electron chi connectivity index (χ1n) is 14.5. The molecule has 2 amide bonds. The molecule has 2 N–H and O–H groups in total. The Morgan fingerprint density at radius 1 is 0.950 bits per heavy atom. The number of carbonyl (C=O) groups is 3. The summed E-state index contributed by atoms with van der Waals surface area (Å²) < 4.78 is 4.76. The van der Waals surface area contributed by atoms with E-state index < -0.39 is 5.97 Å². The zero-order valence-electron chi connectivity index (χ0n) is 22.9. The number of anilines is 1. The van der Waals surface area contributed by atoms with E-state index in [1.165, 1.54) is 12.7 Å². The van der Waals surface area contributed by atoms with E-state index in [1.807, 2.05) is 0 Å². The van der Waals surface area contributed by atoms with Gasteiger partial charge in [0.15, 0.2) is 0 Å². The summed E-state index contributed by atoms with van der Waals surface area (Å²) in [7, 11) is 1.33. The number of para-hydroxylation sites is 1. The Kier molecular flexibility index (Phi) is 7.46. The van der Waals surface area contributed by atoms with Crippen molar-refractivity contribution in [1.29, 1.82) is 0 Å². The van der Waals surface area contributed by atoms with E-state index in [-0.39, 0.29) is 35.9 Å². The summed E-state index contributed by atoms with van der Waals surface area (Å²) in [4.78, 5) is 41.4. The van der Waals surface area contributed by atoms with Crippen LogP contribution in [0.3, 0.4) is 0 Å². The van der Waals surface area contributed by atoms with Crippen LogP contribution in [0.15, 0.2) is 72.8 Å². The van der Waals surface area contributed by atoms with Crippen LogP contribution in [-0.4, -0.2) is 48.4 Å². The number of methoxy groups -OCH3 is 1. The van der Waals surface area contributed by atoms with Gasteiger partial charge < -0.3 is 20.3 Å². The van der Waals surface area contributed by atoms with Crippen LogP contribution in [0.4, 0.5) is 5.69 Å². The second kappa shape index (κ2) is 11.3. The van der Waals surface area contributed by atoms with E-state index in [2.05, 4.69) is 64.1 Å². The lowest BCUT2D eigenvalue weighted by Gasteiger charge is -2.44. The van der Waals surface area contributed by atoms with Crippen LogP contribution in [-0.2, 0) is 9.53 Å². The van der Waals surface area contributed by atoms with Crippen LogP contribution in [0.2, 0.25) is 0 Å². The van der Waals surface area contributed by atoms with Crippen molar-refractivity contribution in [3.05, 3.63) is 89.5 Å². The minimum Gasteiger partial charge on any atom is -0.465 e. The van der Waals surface area contributed by atoms with Crippen LogP contribution >= 0.6 is 0 Å². The molecule has 0 radical (unpaired) electrons. The van der Waals surface area contributed by atoms with Crippen molar-refractivity contribution < 1.29 is 19.1 Å². The predicted octanol–water partition coefficient (Wildman–Crippen LogP) is 5.28. The van der Waals surface area contributed by atoms with Crippen molar-refractivity contribution in [3.63, 3.8) is 0 Å². The van der Waals surface area contributed by atoms with E-state index in [1.54, 1.807) is 24.3 Å². The van der Waals surface area contributed by atoms with E-state index in [9.17, 15) is 14.4 Å². The third-order valence-corrected chi connectivity index (χ3v) is 9.23. The second-order valence-corrected chi connectivity index (χ2v) is 11.4. The fraction of sp³-hybridized carbons (Fsp3) is 0.424. The molecular weight excluding hydrogens is 502 g/mol. The highest BCUT2D eigenvalue weighted by Crippen LogP contribution is 2.49. The monoisotopic (exact) mass is 539 g/mol. The number of esters is 1. The highest BCUT2D eigenvalue weighted by molar-refractivity contribution is 5.96. The first-order valence-corrected chi connectivity index (χ1v) is 14.5. The average molecular weight is 540 g/mol. The van der Waals surface area contributed by atoms with Gasteiger partial charge in [0, 0.05) is 41.7 Å². The molecular formula is C33H37N3O4.